The molecule has 0 unspecified atom stereocenters. The fourth-order valence-electron chi connectivity index (χ4n) is 2.50. The van der Waals surface area contributed by atoms with Gasteiger partial charge in [0.2, 0.25) is 6.10 Å². The number of esters is 1. The van der Waals surface area contributed by atoms with Gasteiger partial charge in [0, 0.05) is 11.3 Å². The average molecular weight is 327 g/mol. The van der Waals surface area contributed by atoms with E-state index in [1.54, 1.807) is 24.3 Å². The molecule has 1 fully saturated rings. The van der Waals surface area contributed by atoms with E-state index in [4.69, 9.17) is 4.74 Å². The molecule has 3 rings (SSSR count). The van der Waals surface area contributed by atoms with Crippen molar-refractivity contribution in [2.75, 3.05) is 5.32 Å². The number of benzene rings is 2. The molecule has 3 atom stereocenters. The second-order valence-corrected chi connectivity index (χ2v) is 6.04. The van der Waals surface area contributed by atoms with Crippen LogP contribution in [0.15, 0.2) is 54.6 Å². The Morgan fingerprint density at radius 1 is 1.12 bits per heavy atom. The summed E-state index contributed by atoms with van der Waals surface area (Å²) in [5, 5.41) is 2.66. The van der Waals surface area contributed by atoms with E-state index >= 15 is 0 Å². The summed E-state index contributed by atoms with van der Waals surface area (Å²) in [6.07, 6.45) is -0.239. The molecular formula is C19H18FNO3. The third-order valence-electron chi connectivity index (χ3n) is 4.10. The maximum absolute atomic E-state index is 13.0. The molecule has 1 aliphatic rings. The molecule has 24 heavy (non-hydrogen) atoms. The molecule has 1 amide bonds. The van der Waals surface area contributed by atoms with Crippen LogP contribution >= 0.6 is 0 Å². The average Bonchev–Trinajstić information content (AvgIpc) is 3.32. The van der Waals surface area contributed by atoms with Crippen molar-refractivity contribution in [3.05, 3.63) is 66.0 Å². The molecule has 0 bridgehead atoms. The lowest BCUT2D eigenvalue weighted by Gasteiger charge is -2.18. The number of halogens is 1. The normalized spacial score (nSPS) is 20.1. The second kappa shape index (κ2) is 6.83. The largest absolute Gasteiger partial charge is 0.447 e. The second-order valence-electron chi connectivity index (χ2n) is 6.04. The molecule has 0 radical (unpaired) electrons. The Labute approximate surface area is 139 Å². The summed E-state index contributed by atoms with van der Waals surface area (Å²) < 4.78 is 18.4. The molecule has 0 saturated heterocycles. The van der Waals surface area contributed by atoms with E-state index in [0.29, 0.717) is 17.2 Å². The van der Waals surface area contributed by atoms with Gasteiger partial charge in [0.15, 0.2) is 0 Å². The summed E-state index contributed by atoms with van der Waals surface area (Å²) in [6, 6.07) is 14.3. The van der Waals surface area contributed by atoms with Gasteiger partial charge < -0.3 is 10.1 Å². The molecule has 2 aromatic rings. The van der Waals surface area contributed by atoms with Gasteiger partial charge in [0.05, 0.1) is 5.92 Å². The first kappa shape index (κ1) is 16.2. The summed E-state index contributed by atoms with van der Waals surface area (Å²) in [5.41, 5.74) is 1.04. The predicted molar refractivity (Wildman–Crippen MR) is 87.6 cm³/mol. The molecule has 1 N–H and O–H groups in total. The van der Waals surface area contributed by atoms with E-state index in [1.807, 2.05) is 13.0 Å². The number of hydrogen-bond acceptors (Lipinski definition) is 3. The molecule has 0 aliphatic heterocycles. The van der Waals surface area contributed by atoms with E-state index in [9.17, 15) is 14.0 Å². The molecule has 124 valence electrons. The summed E-state index contributed by atoms with van der Waals surface area (Å²) in [6.45, 7) is 1.97. The van der Waals surface area contributed by atoms with Crippen molar-refractivity contribution >= 4 is 17.6 Å². The van der Waals surface area contributed by atoms with Gasteiger partial charge in [-0.3, -0.25) is 9.59 Å². The summed E-state index contributed by atoms with van der Waals surface area (Å²) >= 11 is 0. The van der Waals surface area contributed by atoms with Crippen LogP contribution in [0.2, 0.25) is 0 Å². The van der Waals surface area contributed by atoms with Crippen LogP contribution in [-0.2, 0) is 14.3 Å². The minimum absolute atomic E-state index is 0.130. The molecule has 1 saturated carbocycles. The van der Waals surface area contributed by atoms with Crippen molar-refractivity contribution in [2.45, 2.75) is 19.4 Å². The van der Waals surface area contributed by atoms with Crippen molar-refractivity contribution < 1.29 is 18.7 Å². The van der Waals surface area contributed by atoms with E-state index < -0.39 is 12.0 Å². The highest BCUT2D eigenvalue weighted by atomic mass is 19.1. The first-order chi connectivity index (χ1) is 11.5. The van der Waals surface area contributed by atoms with Gasteiger partial charge in [0.1, 0.15) is 5.82 Å². The first-order valence-corrected chi connectivity index (χ1v) is 7.86. The number of amides is 1. The molecule has 0 spiro atoms. The zero-order chi connectivity index (χ0) is 17.1. The van der Waals surface area contributed by atoms with Gasteiger partial charge in [-0.05, 0) is 36.6 Å². The molecule has 0 heterocycles. The highest BCUT2D eigenvalue weighted by Gasteiger charge is 2.42. The number of hydrogen-bond donors (Lipinski definition) is 1. The van der Waals surface area contributed by atoms with Gasteiger partial charge in [-0.1, -0.05) is 37.3 Å². The van der Waals surface area contributed by atoms with Crippen LogP contribution in [0.4, 0.5) is 10.1 Å². The van der Waals surface area contributed by atoms with Crippen molar-refractivity contribution in [3.63, 3.8) is 0 Å². The Hall–Kier alpha value is -2.69. The number of carbonyl (C=O) groups excluding carboxylic acids is 2. The van der Waals surface area contributed by atoms with Gasteiger partial charge >= 0.3 is 5.97 Å². The fraction of sp³-hybridized carbons (Fsp3) is 0.263. The lowest BCUT2D eigenvalue weighted by atomic mass is 10.1. The maximum atomic E-state index is 13.0. The SMILES string of the molecule is C[C@@H]1C[C@@H]1C(=O)O[C@H](C(=O)Nc1ccc(F)cc1)c1ccccc1. The molecule has 0 aromatic heterocycles. The van der Waals surface area contributed by atoms with Crippen molar-refractivity contribution in [1.82, 2.24) is 0 Å². The first-order valence-electron chi connectivity index (χ1n) is 7.86. The van der Waals surface area contributed by atoms with Gasteiger partial charge in [-0.25, -0.2) is 4.39 Å². The number of ether oxygens (including phenoxy) is 1. The Balaban J connectivity index is 1.76. The molecule has 2 aromatic carbocycles. The number of anilines is 1. The van der Waals surface area contributed by atoms with Crippen LogP contribution in [0.5, 0.6) is 0 Å². The topological polar surface area (TPSA) is 55.4 Å². The highest BCUT2D eigenvalue weighted by Crippen LogP contribution is 2.39. The molecule has 4 nitrogen and oxygen atoms in total. The Kier molecular flexibility index (Phi) is 4.60. The molecule has 5 heteroatoms. The monoisotopic (exact) mass is 327 g/mol. The van der Waals surface area contributed by atoms with Crippen LogP contribution in [0, 0.1) is 17.7 Å². The van der Waals surface area contributed by atoms with Crippen LogP contribution < -0.4 is 5.32 Å². The van der Waals surface area contributed by atoms with Crippen LogP contribution in [-0.4, -0.2) is 11.9 Å². The molecular weight excluding hydrogens is 309 g/mol. The Bertz CT molecular complexity index is 730. The van der Waals surface area contributed by atoms with Gasteiger partial charge in [-0.2, -0.15) is 0 Å². The van der Waals surface area contributed by atoms with E-state index in [1.165, 1.54) is 24.3 Å². The van der Waals surface area contributed by atoms with Gasteiger partial charge in [-0.15, -0.1) is 0 Å². The summed E-state index contributed by atoms with van der Waals surface area (Å²) in [5.74, 6) is -1.04. The summed E-state index contributed by atoms with van der Waals surface area (Å²) in [4.78, 5) is 24.7. The molecule has 1 aliphatic carbocycles. The number of carbonyl (C=O) groups is 2. The van der Waals surface area contributed by atoms with Crippen LogP contribution in [0.25, 0.3) is 0 Å². The minimum Gasteiger partial charge on any atom is -0.447 e. The Morgan fingerprint density at radius 3 is 2.33 bits per heavy atom. The van der Waals surface area contributed by atoms with E-state index in [0.717, 1.165) is 6.42 Å². The zero-order valence-electron chi connectivity index (χ0n) is 13.2. The fourth-order valence-corrected chi connectivity index (χ4v) is 2.50. The zero-order valence-corrected chi connectivity index (χ0v) is 13.2. The third kappa shape index (κ3) is 3.79. The lowest BCUT2D eigenvalue weighted by Crippen LogP contribution is -2.26. The van der Waals surface area contributed by atoms with Gasteiger partial charge in [0.25, 0.3) is 5.91 Å². The smallest absolute Gasteiger partial charge is 0.310 e. The third-order valence-corrected chi connectivity index (χ3v) is 4.10. The van der Waals surface area contributed by atoms with Crippen LogP contribution in [0.1, 0.15) is 25.0 Å². The minimum atomic E-state index is -1.03. The highest BCUT2D eigenvalue weighted by molar-refractivity contribution is 5.96. The quantitative estimate of drug-likeness (QED) is 0.852. The lowest BCUT2D eigenvalue weighted by molar-refractivity contribution is -0.156. The van der Waals surface area contributed by atoms with E-state index in [-0.39, 0.29) is 17.7 Å². The number of rotatable bonds is 5. The van der Waals surface area contributed by atoms with E-state index in [2.05, 4.69) is 5.32 Å². The standard InChI is InChI=1S/C19H18FNO3/c1-12-11-16(12)19(23)24-17(13-5-3-2-4-6-13)18(22)21-15-9-7-14(20)8-10-15/h2-10,12,16-17H,11H2,1H3,(H,21,22)/t12-,16+,17+/m1/s1. The number of nitrogens with one attached hydrogen (secondary N) is 1. The maximum Gasteiger partial charge on any atom is 0.310 e. The van der Waals surface area contributed by atoms with Crippen LogP contribution in [0.3, 0.4) is 0 Å². The van der Waals surface area contributed by atoms with Crippen molar-refractivity contribution in [1.29, 1.82) is 0 Å². The summed E-state index contributed by atoms with van der Waals surface area (Å²) in [7, 11) is 0. The predicted octanol–water partition coefficient (Wildman–Crippen LogP) is 3.70. The Morgan fingerprint density at radius 2 is 1.75 bits per heavy atom. The van der Waals surface area contributed by atoms with Crippen molar-refractivity contribution in [3.8, 4) is 0 Å². The van der Waals surface area contributed by atoms with Crippen molar-refractivity contribution in [2.24, 2.45) is 11.8 Å².